The number of rotatable bonds is 13. The molecule has 1 amide bonds. The van der Waals surface area contributed by atoms with Crippen LogP contribution in [0.5, 0.6) is 5.75 Å². The average molecular weight is 954 g/mol. The molecular weight excluding hydrogens is 891 g/mol. The van der Waals surface area contributed by atoms with E-state index >= 15 is 0 Å². The Morgan fingerprint density at radius 3 is 2.03 bits per heavy atom. The predicted octanol–water partition coefficient (Wildman–Crippen LogP) is 5.97. The number of hydrogen-bond donors (Lipinski definition) is 3. The van der Waals surface area contributed by atoms with Crippen molar-refractivity contribution in [1.82, 2.24) is 5.32 Å². The first kappa shape index (κ1) is 49.8. The molecule has 370 valence electrons. The fourth-order valence-corrected chi connectivity index (χ4v) is 11.9. The zero-order valence-electron chi connectivity index (χ0n) is 40.5. The van der Waals surface area contributed by atoms with Gasteiger partial charge in [0, 0.05) is 48.6 Å². The SMILES string of the molecule is COc1ccc(C2O[C@H]3C[C@H]4OC[C@@]4(OC(C)=O)[C@H]4[C@H](OC(=O)c5ccccc5)[C@]5(O)C[C@H](OC(=O)[C@H](O)[C@H](CC(C)C)NC(=O)c6ccccc6)C(C)=C(C(OC(C)=O)[C@H](O2)[C@]34C)C5(C)C)cc1. The number of benzene rings is 3. The molecule has 3 aromatic carbocycles. The van der Waals surface area contributed by atoms with Crippen molar-refractivity contribution in [1.29, 1.82) is 0 Å². The molecule has 2 bridgehead atoms. The minimum atomic E-state index is -2.25. The maximum Gasteiger partial charge on any atom is 0.338 e. The van der Waals surface area contributed by atoms with Gasteiger partial charge in [0.05, 0.1) is 37.3 Å². The number of carbonyl (C=O) groups excluding carboxylic acids is 5. The third-order valence-electron chi connectivity index (χ3n) is 15.3. The molecule has 3 aliphatic carbocycles. The highest BCUT2D eigenvalue weighted by Gasteiger charge is 2.80. The molecule has 69 heavy (non-hydrogen) atoms. The van der Waals surface area contributed by atoms with Crippen molar-refractivity contribution in [2.45, 2.75) is 141 Å². The molecule has 2 unspecified atom stereocenters. The van der Waals surface area contributed by atoms with Gasteiger partial charge in [0.1, 0.15) is 35.8 Å². The van der Waals surface area contributed by atoms with Gasteiger partial charge in [-0.15, -0.1) is 0 Å². The lowest BCUT2D eigenvalue weighted by Crippen LogP contribution is -2.83. The number of methoxy groups -OCH3 is 1. The fraction of sp³-hybridized carbons (Fsp3) is 0.528. The molecule has 2 aliphatic heterocycles. The highest BCUT2D eigenvalue weighted by atomic mass is 16.7. The smallest absolute Gasteiger partial charge is 0.338 e. The summed E-state index contributed by atoms with van der Waals surface area (Å²) in [5, 5.41) is 28.7. The summed E-state index contributed by atoms with van der Waals surface area (Å²) in [6.07, 6.45) is -10.2. The van der Waals surface area contributed by atoms with Crippen LogP contribution in [0, 0.1) is 22.7 Å². The summed E-state index contributed by atoms with van der Waals surface area (Å²) in [5.74, 6) is -4.49. The number of nitrogens with one attached hydrogen (secondary N) is 1. The standard InChI is InChI=1S/C53H63NO15/c1-28(2)24-36(54-46(58)32-16-12-10-13-17-32)41(57)48(60)65-37-26-53(61)45(67-47(59)33-18-14-11-15-19-33)43-51(8)38(25-39-52(43,27-63-39)69-31(5)56)66-49(34-20-22-35(62-9)23-21-34)68-44(51)42(64-30(4)55)40(29(37)3)50(53,6)7/h10-23,28,36-39,41-45,49,57,61H,24-27H2,1-9H3,(H,54,58)/t36-,37-,38-,39+,41+,42?,43-,44-,45-,49?,51+,52-,53+/m0/s1. The van der Waals surface area contributed by atoms with Gasteiger partial charge in [0.2, 0.25) is 0 Å². The lowest BCUT2D eigenvalue weighted by molar-refractivity contribution is -0.413. The Balaban J connectivity index is 1.32. The van der Waals surface area contributed by atoms with Gasteiger partial charge in [-0.3, -0.25) is 14.4 Å². The first-order valence-electron chi connectivity index (χ1n) is 23.5. The summed E-state index contributed by atoms with van der Waals surface area (Å²) in [6, 6.07) is 22.6. The molecule has 2 saturated heterocycles. The molecule has 0 spiro atoms. The number of carbonyl (C=O) groups is 5. The Morgan fingerprint density at radius 2 is 1.46 bits per heavy atom. The second kappa shape index (κ2) is 18.9. The summed E-state index contributed by atoms with van der Waals surface area (Å²) in [6.45, 7) is 13.1. The average Bonchev–Trinajstić information content (AvgIpc) is 3.30. The van der Waals surface area contributed by atoms with E-state index in [-0.39, 0.29) is 30.9 Å². The number of esters is 4. The number of fused-ring (bicyclic) bond motifs is 4. The van der Waals surface area contributed by atoms with Crippen LogP contribution in [0.4, 0.5) is 0 Å². The summed E-state index contributed by atoms with van der Waals surface area (Å²) in [4.78, 5) is 69.6. The second-order valence-electron chi connectivity index (χ2n) is 20.2. The lowest BCUT2D eigenvalue weighted by atomic mass is 9.44. The van der Waals surface area contributed by atoms with Crippen LogP contribution in [-0.2, 0) is 47.5 Å². The van der Waals surface area contributed by atoms with Crippen LogP contribution in [0.15, 0.2) is 96.1 Å². The molecule has 0 radical (unpaired) electrons. The normalized spacial score (nSPS) is 32.8. The van der Waals surface area contributed by atoms with E-state index in [1.807, 2.05) is 20.8 Å². The molecule has 16 nitrogen and oxygen atoms in total. The Kier molecular flexibility index (Phi) is 13.6. The van der Waals surface area contributed by atoms with Crippen LogP contribution in [0.2, 0.25) is 0 Å². The van der Waals surface area contributed by atoms with Gasteiger partial charge < -0.3 is 53.4 Å². The topological polar surface area (TPSA) is 212 Å². The van der Waals surface area contributed by atoms with Crippen LogP contribution in [0.1, 0.15) is 107 Å². The van der Waals surface area contributed by atoms with Crippen molar-refractivity contribution in [3.63, 3.8) is 0 Å². The van der Waals surface area contributed by atoms with E-state index in [0.29, 0.717) is 28.0 Å². The third kappa shape index (κ3) is 8.72. The van der Waals surface area contributed by atoms with Gasteiger partial charge in [0.15, 0.2) is 24.1 Å². The largest absolute Gasteiger partial charge is 0.497 e. The maximum absolute atomic E-state index is 14.7. The molecule has 4 fully saturated rings. The van der Waals surface area contributed by atoms with Crippen LogP contribution in [0.3, 0.4) is 0 Å². The fourth-order valence-electron chi connectivity index (χ4n) is 11.9. The van der Waals surface area contributed by atoms with Crippen LogP contribution in [-0.4, -0.2) is 114 Å². The highest BCUT2D eigenvalue weighted by molar-refractivity contribution is 5.94. The molecule has 0 aromatic heterocycles. The molecule has 8 rings (SSSR count). The van der Waals surface area contributed by atoms with E-state index in [1.54, 1.807) is 113 Å². The monoisotopic (exact) mass is 953 g/mol. The van der Waals surface area contributed by atoms with Crippen molar-refractivity contribution in [3.8, 4) is 5.75 Å². The number of amides is 1. The van der Waals surface area contributed by atoms with Crippen LogP contribution in [0.25, 0.3) is 0 Å². The van der Waals surface area contributed by atoms with Gasteiger partial charge in [0.25, 0.3) is 5.91 Å². The Labute approximate surface area is 401 Å². The Hall–Kier alpha value is -5.65. The van der Waals surface area contributed by atoms with E-state index in [4.69, 9.17) is 37.9 Å². The van der Waals surface area contributed by atoms with Gasteiger partial charge in [-0.2, -0.15) is 0 Å². The molecule has 3 N–H and O–H groups in total. The van der Waals surface area contributed by atoms with E-state index in [2.05, 4.69) is 5.32 Å². The molecule has 3 aromatic rings. The number of aliphatic hydroxyl groups excluding tert-OH is 1. The van der Waals surface area contributed by atoms with Crippen molar-refractivity contribution in [3.05, 3.63) is 113 Å². The summed E-state index contributed by atoms with van der Waals surface area (Å²) in [5.41, 5.74) is -4.99. The van der Waals surface area contributed by atoms with E-state index in [1.165, 1.54) is 13.8 Å². The number of hydrogen-bond acceptors (Lipinski definition) is 15. The zero-order valence-corrected chi connectivity index (χ0v) is 40.5. The second-order valence-corrected chi connectivity index (χ2v) is 20.2. The van der Waals surface area contributed by atoms with E-state index in [0.717, 1.165) is 0 Å². The molecule has 2 heterocycles. The summed E-state index contributed by atoms with van der Waals surface area (Å²) >= 11 is 0. The molecule has 16 heteroatoms. The summed E-state index contributed by atoms with van der Waals surface area (Å²) < 4.78 is 51.6. The first-order chi connectivity index (χ1) is 32.7. The van der Waals surface area contributed by atoms with Crippen molar-refractivity contribution in [2.75, 3.05) is 13.7 Å². The molecule has 13 atom stereocenters. The van der Waals surface area contributed by atoms with Crippen molar-refractivity contribution >= 4 is 29.8 Å². The number of aliphatic hydroxyl groups is 2. The van der Waals surface area contributed by atoms with Crippen LogP contribution >= 0.6 is 0 Å². The van der Waals surface area contributed by atoms with Gasteiger partial charge in [-0.05, 0) is 66.8 Å². The Morgan fingerprint density at radius 1 is 0.826 bits per heavy atom. The first-order valence-corrected chi connectivity index (χ1v) is 23.5. The van der Waals surface area contributed by atoms with Crippen LogP contribution < -0.4 is 10.1 Å². The minimum absolute atomic E-state index is 0.0802. The molecule has 5 aliphatic rings. The van der Waals surface area contributed by atoms with Crippen molar-refractivity contribution < 1.29 is 72.1 Å². The van der Waals surface area contributed by atoms with Gasteiger partial charge >= 0.3 is 23.9 Å². The predicted molar refractivity (Wildman–Crippen MR) is 246 cm³/mol. The maximum atomic E-state index is 14.7. The zero-order chi connectivity index (χ0) is 49.8. The number of ether oxygens (including phenoxy) is 8. The van der Waals surface area contributed by atoms with Crippen molar-refractivity contribution in [2.24, 2.45) is 22.7 Å². The minimum Gasteiger partial charge on any atom is -0.497 e. The molecular formula is C53H63NO15. The third-order valence-corrected chi connectivity index (χ3v) is 15.3. The van der Waals surface area contributed by atoms with E-state index in [9.17, 15) is 34.2 Å². The summed E-state index contributed by atoms with van der Waals surface area (Å²) in [7, 11) is 1.55. The van der Waals surface area contributed by atoms with Gasteiger partial charge in [-0.25, -0.2) is 9.59 Å². The van der Waals surface area contributed by atoms with E-state index < -0.39 is 119 Å². The molecule has 2 saturated carbocycles. The quantitative estimate of drug-likeness (QED) is 0.102. The van der Waals surface area contributed by atoms with Gasteiger partial charge in [-0.1, -0.05) is 83.1 Å². The lowest BCUT2D eigenvalue weighted by Gasteiger charge is -2.71. The highest BCUT2D eigenvalue weighted by Crippen LogP contribution is 2.68. The Bertz CT molecular complexity index is 2460.